The van der Waals surface area contributed by atoms with Crippen molar-refractivity contribution in [2.24, 2.45) is 5.41 Å². The summed E-state index contributed by atoms with van der Waals surface area (Å²) >= 11 is 0. The number of aliphatic carboxylic acids is 2. The van der Waals surface area contributed by atoms with Crippen LogP contribution >= 0.6 is 0 Å². The van der Waals surface area contributed by atoms with Crippen LogP contribution in [0.1, 0.15) is 68.2 Å². The number of carboxylic acid groups (broad SMARTS) is 2. The van der Waals surface area contributed by atoms with E-state index in [1.165, 1.54) is 12.2 Å². The first-order valence-electron chi connectivity index (χ1n) is 15.2. The number of rotatable bonds is 17. The van der Waals surface area contributed by atoms with E-state index in [0.29, 0.717) is 39.0 Å². The van der Waals surface area contributed by atoms with Crippen molar-refractivity contribution >= 4 is 35.5 Å². The van der Waals surface area contributed by atoms with Crippen molar-refractivity contribution in [3.63, 3.8) is 0 Å². The van der Waals surface area contributed by atoms with Gasteiger partial charge in [0.25, 0.3) is 0 Å². The Morgan fingerprint density at radius 2 is 1.15 bits per heavy atom. The van der Waals surface area contributed by atoms with Crippen molar-refractivity contribution in [3.8, 4) is 24.3 Å². The summed E-state index contributed by atoms with van der Waals surface area (Å²) in [6, 6.07) is 18.8. The van der Waals surface area contributed by atoms with Crippen LogP contribution in [0.2, 0.25) is 0 Å². The molecule has 0 spiro atoms. The quantitative estimate of drug-likeness (QED) is 0.183. The summed E-state index contributed by atoms with van der Waals surface area (Å²) < 4.78 is 0. The molecule has 0 aromatic heterocycles. The molecule has 0 amide bonds. The minimum atomic E-state index is -1.17. The van der Waals surface area contributed by atoms with Crippen LogP contribution in [0, 0.1) is 64.6 Å². The molecule has 0 aliphatic carbocycles. The molecule has 10 nitrogen and oxygen atoms in total. The van der Waals surface area contributed by atoms with Crippen molar-refractivity contribution in [1.82, 2.24) is 0 Å². The summed E-state index contributed by atoms with van der Waals surface area (Å²) in [5.41, 5.74) is 3.85. The van der Waals surface area contributed by atoms with Crippen molar-refractivity contribution in [2.75, 3.05) is 36.0 Å². The predicted octanol–water partition coefficient (Wildman–Crippen LogP) is 6.62. The van der Waals surface area contributed by atoms with E-state index in [1.54, 1.807) is 0 Å². The lowest BCUT2D eigenvalue weighted by Gasteiger charge is -2.35. The van der Waals surface area contributed by atoms with Gasteiger partial charge in [0.2, 0.25) is 0 Å². The van der Waals surface area contributed by atoms with Crippen LogP contribution in [-0.2, 0) is 9.59 Å². The van der Waals surface area contributed by atoms with E-state index < -0.39 is 17.4 Å². The summed E-state index contributed by atoms with van der Waals surface area (Å²) in [6.07, 6.45) is 4.01. The first-order chi connectivity index (χ1) is 22.0. The van der Waals surface area contributed by atoms with Gasteiger partial charge in [-0.25, -0.2) is 0 Å². The molecule has 0 unspecified atom stereocenters. The lowest BCUT2D eigenvalue weighted by Crippen LogP contribution is -2.40. The number of carboxylic acids is 2. The predicted molar refractivity (Wildman–Crippen MR) is 177 cm³/mol. The largest absolute Gasteiger partial charge is 0.481 e. The third-order valence-electron chi connectivity index (χ3n) is 8.30. The molecule has 2 rings (SSSR count). The summed E-state index contributed by atoms with van der Waals surface area (Å²) in [4.78, 5) is 28.5. The van der Waals surface area contributed by atoms with Crippen molar-refractivity contribution in [1.29, 1.82) is 21.0 Å². The van der Waals surface area contributed by atoms with Crippen LogP contribution in [0.3, 0.4) is 0 Å². The molecular weight excluding hydrogens is 580 g/mol. The fourth-order valence-electron chi connectivity index (χ4n) is 5.44. The highest BCUT2D eigenvalue weighted by atomic mass is 16.4. The van der Waals surface area contributed by atoms with Gasteiger partial charge in [0.15, 0.2) is 0 Å². The van der Waals surface area contributed by atoms with Crippen LogP contribution in [0.15, 0.2) is 47.5 Å². The highest BCUT2D eigenvalue weighted by molar-refractivity contribution is 5.75. The van der Waals surface area contributed by atoms with Gasteiger partial charge in [-0.1, -0.05) is 12.1 Å². The summed E-state index contributed by atoms with van der Waals surface area (Å²) in [5.74, 6) is -1.93. The van der Waals surface area contributed by atoms with E-state index in [4.69, 9.17) is 21.0 Å². The van der Waals surface area contributed by atoms with Crippen LogP contribution < -0.4 is 9.80 Å². The second kappa shape index (κ2) is 17.6. The maximum absolute atomic E-state index is 13.0. The molecule has 0 aliphatic heterocycles. The lowest BCUT2D eigenvalue weighted by atomic mass is 9.76. The van der Waals surface area contributed by atoms with E-state index in [0.717, 1.165) is 33.6 Å². The first-order valence-corrected chi connectivity index (χ1v) is 15.2. The number of allylic oxidation sites excluding steroid dienone is 2. The molecule has 0 saturated heterocycles. The standard InChI is InChI=1S/C36H40N6O4/c1-5-41(32-11-9-30(26(3)18-32)20-28(22-37)23-38)16-14-36(35(45)46,13-7-8-34(43)44)15-17-42(6-2)33-12-10-31(27(4)19-33)21-29(24-39)25-40/h9-12,18-21H,5-8,13-17H2,1-4H3,(H,43,44)(H,45,46). The van der Waals surface area contributed by atoms with E-state index in [2.05, 4.69) is 9.80 Å². The van der Waals surface area contributed by atoms with Crippen LogP contribution in [-0.4, -0.2) is 48.3 Å². The molecule has 2 aromatic carbocycles. The van der Waals surface area contributed by atoms with Gasteiger partial charge in [-0.05, 0) is 112 Å². The zero-order valence-electron chi connectivity index (χ0n) is 26.9. The molecule has 0 aliphatic rings. The minimum Gasteiger partial charge on any atom is -0.481 e. The number of anilines is 2. The van der Waals surface area contributed by atoms with Crippen LogP contribution in [0.4, 0.5) is 11.4 Å². The number of nitriles is 4. The molecule has 0 fully saturated rings. The number of hydrogen-bond donors (Lipinski definition) is 2. The molecule has 2 aromatic rings. The highest BCUT2D eigenvalue weighted by Crippen LogP contribution is 2.36. The Morgan fingerprint density at radius 3 is 1.46 bits per heavy atom. The molecule has 0 atom stereocenters. The zero-order chi connectivity index (χ0) is 34.3. The highest BCUT2D eigenvalue weighted by Gasteiger charge is 2.38. The van der Waals surface area contributed by atoms with Crippen molar-refractivity contribution < 1.29 is 19.8 Å². The Bertz CT molecular complexity index is 1510. The zero-order valence-corrected chi connectivity index (χ0v) is 26.9. The number of aryl methyl sites for hydroxylation is 2. The second-order valence-electron chi connectivity index (χ2n) is 11.1. The number of benzene rings is 2. The van der Waals surface area contributed by atoms with Gasteiger partial charge in [0.05, 0.1) is 5.41 Å². The molecule has 0 heterocycles. The number of hydrogen-bond acceptors (Lipinski definition) is 8. The maximum Gasteiger partial charge on any atom is 0.309 e. The van der Waals surface area contributed by atoms with Crippen LogP contribution in [0.5, 0.6) is 0 Å². The smallest absolute Gasteiger partial charge is 0.309 e. The average Bonchev–Trinajstić information content (AvgIpc) is 3.03. The van der Waals surface area contributed by atoms with Gasteiger partial charge >= 0.3 is 11.9 Å². The van der Waals surface area contributed by atoms with E-state index >= 15 is 0 Å². The molecule has 0 saturated carbocycles. The van der Waals surface area contributed by atoms with Crippen LogP contribution in [0.25, 0.3) is 12.2 Å². The molecular formula is C36H40N6O4. The Hall–Kier alpha value is -5.58. The number of nitrogens with zero attached hydrogens (tertiary/aromatic N) is 6. The second-order valence-corrected chi connectivity index (χ2v) is 11.1. The Kier molecular flexibility index (Phi) is 14.0. The third kappa shape index (κ3) is 9.98. The Balaban J connectivity index is 2.36. The fraction of sp³-hybridized carbons (Fsp3) is 0.389. The normalized spacial score (nSPS) is 10.3. The molecule has 0 radical (unpaired) electrons. The summed E-state index contributed by atoms with van der Waals surface area (Å²) in [5, 5.41) is 56.4. The molecule has 0 bridgehead atoms. The van der Waals surface area contributed by atoms with E-state index in [1.807, 2.05) is 88.4 Å². The summed E-state index contributed by atoms with van der Waals surface area (Å²) in [7, 11) is 0. The van der Waals surface area contributed by atoms with Gasteiger partial charge in [-0.3, -0.25) is 9.59 Å². The van der Waals surface area contributed by atoms with Gasteiger partial charge in [-0.2, -0.15) is 21.0 Å². The molecule has 238 valence electrons. The molecule has 10 heteroatoms. The van der Waals surface area contributed by atoms with E-state index in [9.17, 15) is 19.8 Å². The fourth-order valence-corrected chi connectivity index (χ4v) is 5.44. The molecule has 46 heavy (non-hydrogen) atoms. The van der Waals surface area contributed by atoms with Gasteiger partial charge < -0.3 is 20.0 Å². The van der Waals surface area contributed by atoms with Gasteiger partial charge in [0.1, 0.15) is 35.4 Å². The van der Waals surface area contributed by atoms with E-state index in [-0.39, 0.29) is 30.4 Å². The average molecular weight is 621 g/mol. The lowest BCUT2D eigenvalue weighted by molar-refractivity contribution is -0.151. The number of carbonyl (C=O) groups is 2. The Labute approximate surface area is 271 Å². The third-order valence-corrected chi connectivity index (χ3v) is 8.30. The SMILES string of the molecule is CCN(CCC(CCCC(=O)O)(CCN(CC)c1ccc(C=C(C#N)C#N)c(C)c1)C(=O)O)c1ccc(C=C(C#N)C#N)c(C)c1. The summed E-state index contributed by atoms with van der Waals surface area (Å²) in [6.45, 7) is 9.82. The van der Waals surface area contributed by atoms with Crippen molar-refractivity contribution in [3.05, 3.63) is 69.8 Å². The maximum atomic E-state index is 13.0. The Morgan fingerprint density at radius 1 is 0.739 bits per heavy atom. The monoisotopic (exact) mass is 620 g/mol. The molecule has 2 N–H and O–H groups in total. The minimum absolute atomic E-state index is 0.00648. The first kappa shape index (κ1) is 36.6. The van der Waals surface area contributed by atoms with Gasteiger partial charge in [0, 0.05) is 44.0 Å². The topological polar surface area (TPSA) is 176 Å². The van der Waals surface area contributed by atoms with Gasteiger partial charge in [-0.15, -0.1) is 0 Å². The van der Waals surface area contributed by atoms with Crippen molar-refractivity contribution in [2.45, 2.75) is 59.8 Å².